The summed E-state index contributed by atoms with van der Waals surface area (Å²) >= 11 is 0. The lowest BCUT2D eigenvalue weighted by atomic mass is 10.2. The minimum absolute atomic E-state index is 0.133. The minimum Gasteiger partial charge on any atom is -0.356 e. The van der Waals surface area contributed by atoms with Crippen LogP contribution in [0.15, 0.2) is 6.07 Å². The molecule has 4 nitrogen and oxygen atoms in total. The van der Waals surface area contributed by atoms with Crippen molar-refractivity contribution in [1.82, 2.24) is 15.1 Å². The van der Waals surface area contributed by atoms with Crippen LogP contribution in [-0.4, -0.2) is 22.2 Å². The summed E-state index contributed by atoms with van der Waals surface area (Å²) in [6, 6.07) is 0.989. The highest BCUT2D eigenvalue weighted by molar-refractivity contribution is 5.75. The minimum atomic E-state index is -4.45. The highest BCUT2D eigenvalue weighted by Crippen LogP contribution is 2.28. The first-order valence-electron chi connectivity index (χ1n) is 7.23. The molecule has 1 aromatic rings. The van der Waals surface area contributed by atoms with Gasteiger partial charge in [0.25, 0.3) is 0 Å². The average Bonchev–Trinajstić information content (AvgIpc) is 2.77. The number of carbonyl (C=O) groups is 1. The molecule has 21 heavy (non-hydrogen) atoms. The zero-order valence-corrected chi connectivity index (χ0v) is 12.5. The van der Waals surface area contributed by atoms with Gasteiger partial charge in [0.05, 0.1) is 0 Å². The summed E-state index contributed by atoms with van der Waals surface area (Å²) in [7, 11) is 0. The molecule has 0 aliphatic rings. The molecule has 1 amide bonds. The van der Waals surface area contributed by atoms with Crippen molar-refractivity contribution in [2.24, 2.45) is 0 Å². The van der Waals surface area contributed by atoms with E-state index >= 15 is 0 Å². The van der Waals surface area contributed by atoms with Crippen molar-refractivity contribution in [3.05, 3.63) is 17.5 Å². The smallest absolute Gasteiger partial charge is 0.356 e. The van der Waals surface area contributed by atoms with Gasteiger partial charge in [-0.3, -0.25) is 9.48 Å². The number of aryl methyl sites for hydroxylation is 2. The average molecular weight is 305 g/mol. The van der Waals surface area contributed by atoms with E-state index < -0.39 is 11.9 Å². The molecule has 0 fully saturated rings. The Balaban J connectivity index is 2.35. The lowest BCUT2D eigenvalue weighted by Crippen LogP contribution is -2.25. The van der Waals surface area contributed by atoms with E-state index in [4.69, 9.17) is 0 Å². The fourth-order valence-electron chi connectivity index (χ4n) is 1.95. The normalized spacial score (nSPS) is 11.7. The number of hydrogen-bond acceptors (Lipinski definition) is 2. The summed E-state index contributed by atoms with van der Waals surface area (Å²) in [5, 5.41) is 6.25. The van der Waals surface area contributed by atoms with Crippen molar-refractivity contribution in [2.45, 2.75) is 58.7 Å². The summed E-state index contributed by atoms with van der Waals surface area (Å²) in [5.41, 5.74) is -0.516. The molecule has 0 aromatic carbocycles. The fourth-order valence-corrected chi connectivity index (χ4v) is 1.95. The number of hydrogen-bond donors (Lipinski definition) is 1. The predicted molar refractivity (Wildman–Crippen MR) is 73.7 cm³/mol. The van der Waals surface area contributed by atoms with Crippen LogP contribution < -0.4 is 5.32 Å². The maximum atomic E-state index is 12.5. The molecule has 1 N–H and O–H groups in total. The summed E-state index contributed by atoms with van der Waals surface area (Å²) in [4.78, 5) is 11.6. The number of unbranched alkanes of at least 4 members (excludes halogenated alkanes) is 3. The Morgan fingerprint density at radius 3 is 2.62 bits per heavy atom. The summed E-state index contributed by atoms with van der Waals surface area (Å²) in [6.45, 7) is 4.43. The number of carbonyl (C=O) groups excluding carboxylic acids is 1. The third-order valence-corrected chi connectivity index (χ3v) is 3.17. The Morgan fingerprint density at radius 2 is 2.05 bits per heavy atom. The first kappa shape index (κ1) is 17.5. The number of nitrogens with one attached hydrogen (secondary N) is 1. The molecule has 1 heterocycles. The first-order chi connectivity index (χ1) is 9.84. The van der Waals surface area contributed by atoms with Gasteiger partial charge in [-0.05, 0) is 19.4 Å². The van der Waals surface area contributed by atoms with E-state index in [1.54, 1.807) is 6.92 Å². The van der Waals surface area contributed by atoms with Gasteiger partial charge < -0.3 is 5.32 Å². The lowest BCUT2D eigenvalue weighted by Gasteiger charge is -2.06. The van der Waals surface area contributed by atoms with Crippen molar-refractivity contribution in [3.63, 3.8) is 0 Å². The molecule has 0 saturated carbocycles. The molecule has 1 rings (SSSR count). The highest BCUT2D eigenvalue weighted by atomic mass is 19.4. The second kappa shape index (κ2) is 8.05. The van der Waals surface area contributed by atoms with Crippen LogP contribution in [0.4, 0.5) is 13.2 Å². The number of rotatable bonds is 8. The number of aromatic nitrogens is 2. The van der Waals surface area contributed by atoms with Gasteiger partial charge in [-0.1, -0.05) is 26.2 Å². The van der Waals surface area contributed by atoms with Gasteiger partial charge in [0.15, 0.2) is 5.69 Å². The van der Waals surface area contributed by atoms with E-state index in [0.717, 1.165) is 31.7 Å². The van der Waals surface area contributed by atoms with Crippen molar-refractivity contribution in [1.29, 1.82) is 0 Å². The standard InChI is InChI=1S/C14H22F3N3O/c1-3-4-5-6-8-18-13(21)7-9-20-11(2)10-12(19-20)14(15,16)17/h10H,3-9H2,1-2H3,(H,18,21). The monoisotopic (exact) mass is 305 g/mol. The van der Waals surface area contributed by atoms with Crippen molar-refractivity contribution >= 4 is 5.91 Å². The maximum absolute atomic E-state index is 12.5. The van der Waals surface area contributed by atoms with Crippen LogP contribution in [0.5, 0.6) is 0 Å². The Labute approximate surface area is 122 Å². The summed E-state index contributed by atoms with van der Waals surface area (Å²) in [6.07, 6.45) is -0.0373. The zero-order valence-electron chi connectivity index (χ0n) is 12.5. The summed E-state index contributed by atoms with van der Waals surface area (Å²) < 4.78 is 38.7. The SMILES string of the molecule is CCCCCCNC(=O)CCn1nc(C(F)(F)F)cc1C. The molecule has 0 radical (unpaired) electrons. The molecule has 7 heteroatoms. The summed E-state index contributed by atoms with van der Waals surface area (Å²) in [5.74, 6) is -0.157. The molecule has 0 saturated heterocycles. The van der Waals surface area contributed by atoms with E-state index in [0.29, 0.717) is 12.2 Å². The molecule has 0 spiro atoms. The Hall–Kier alpha value is -1.53. The highest BCUT2D eigenvalue weighted by Gasteiger charge is 2.34. The molecular weight excluding hydrogens is 283 g/mol. The first-order valence-corrected chi connectivity index (χ1v) is 7.23. The van der Waals surface area contributed by atoms with E-state index in [-0.39, 0.29) is 18.9 Å². The molecule has 0 aliphatic carbocycles. The van der Waals surface area contributed by atoms with Crippen LogP contribution in [0.2, 0.25) is 0 Å². The Kier molecular flexibility index (Phi) is 6.71. The van der Waals surface area contributed by atoms with Gasteiger partial charge in [0.2, 0.25) is 5.91 Å². The van der Waals surface area contributed by atoms with Gasteiger partial charge in [-0.15, -0.1) is 0 Å². The largest absolute Gasteiger partial charge is 0.435 e. The van der Waals surface area contributed by atoms with Crippen LogP contribution in [0.1, 0.15) is 50.4 Å². The van der Waals surface area contributed by atoms with Crippen LogP contribution in [-0.2, 0) is 17.5 Å². The van der Waals surface area contributed by atoms with Gasteiger partial charge in [0.1, 0.15) is 0 Å². The fraction of sp³-hybridized carbons (Fsp3) is 0.714. The lowest BCUT2D eigenvalue weighted by molar-refractivity contribution is -0.141. The third-order valence-electron chi connectivity index (χ3n) is 3.17. The van der Waals surface area contributed by atoms with Crippen LogP contribution in [0, 0.1) is 6.92 Å². The molecular formula is C14H22F3N3O. The molecule has 1 aromatic heterocycles. The molecule has 0 bridgehead atoms. The topological polar surface area (TPSA) is 46.9 Å². The third kappa shape index (κ3) is 6.18. The van der Waals surface area contributed by atoms with E-state index in [2.05, 4.69) is 17.3 Å². The van der Waals surface area contributed by atoms with Crippen LogP contribution >= 0.6 is 0 Å². The molecule has 120 valence electrons. The van der Waals surface area contributed by atoms with Gasteiger partial charge in [-0.2, -0.15) is 18.3 Å². The van der Waals surface area contributed by atoms with Crippen molar-refractivity contribution in [3.8, 4) is 0 Å². The van der Waals surface area contributed by atoms with E-state index in [1.165, 1.54) is 4.68 Å². The van der Waals surface area contributed by atoms with Gasteiger partial charge in [0, 0.05) is 25.2 Å². The van der Waals surface area contributed by atoms with Crippen LogP contribution in [0.3, 0.4) is 0 Å². The van der Waals surface area contributed by atoms with Crippen LogP contribution in [0.25, 0.3) is 0 Å². The molecule has 0 aliphatic heterocycles. The Bertz CT molecular complexity index is 455. The van der Waals surface area contributed by atoms with Gasteiger partial charge >= 0.3 is 6.18 Å². The van der Waals surface area contributed by atoms with Crippen molar-refractivity contribution < 1.29 is 18.0 Å². The van der Waals surface area contributed by atoms with E-state index in [1.807, 2.05) is 0 Å². The predicted octanol–water partition coefficient (Wildman–Crippen LogP) is 3.30. The number of alkyl halides is 3. The zero-order chi connectivity index (χ0) is 15.9. The quantitative estimate of drug-likeness (QED) is 0.749. The molecule has 0 atom stereocenters. The van der Waals surface area contributed by atoms with Crippen molar-refractivity contribution in [2.75, 3.05) is 6.54 Å². The maximum Gasteiger partial charge on any atom is 0.435 e. The Morgan fingerprint density at radius 1 is 1.33 bits per heavy atom. The number of amides is 1. The second-order valence-corrected chi connectivity index (χ2v) is 5.05. The van der Waals surface area contributed by atoms with E-state index in [9.17, 15) is 18.0 Å². The number of halogens is 3. The number of nitrogens with zero attached hydrogens (tertiary/aromatic N) is 2. The molecule has 0 unspecified atom stereocenters. The van der Waals surface area contributed by atoms with Gasteiger partial charge in [-0.25, -0.2) is 0 Å². The second-order valence-electron chi connectivity index (χ2n) is 5.05.